The Balaban J connectivity index is 1.60. The summed E-state index contributed by atoms with van der Waals surface area (Å²) in [5, 5.41) is 3.15. The van der Waals surface area contributed by atoms with Crippen LogP contribution in [-0.2, 0) is 15.3 Å². The topological polar surface area (TPSA) is 66.5 Å². The first-order chi connectivity index (χ1) is 12.4. The van der Waals surface area contributed by atoms with Crippen LogP contribution in [0, 0.1) is 5.92 Å². The third-order valence-electron chi connectivity index (χ3n) is 5.87. The number of nitrogens with zero attached hydrogens (tertiary/aromatic N) is 1. The summed E-state index contributed by atoms with van der Waals surface area (Å²) in [4.78, 5) is 14.5. The van der Waals surface area contributed by atoms with E-state index in [1.807, 2.05) is 6.07 Å². The highest BCUT2D eigenvalue weighted by Gasteiger charge is 2.36. The molecule has 2 aliphatic rings. The van der Waals surface area contributed by atoms with Crippen LogP contribution in [-0.4, -0.2) is 51.0 Å². The van der Waals surface area contributed by atoms with Crippen molar-refractivity contribution >= 4 is 15.9 Å². The minimum Gasteiger partial charge on any atom is -0.337 e. The van der Waals surface area contributed by atoms with Gasteiger partial charge in [0.05, 0.1) is 5.75 Å². The average Bonchev–Trinajstić information content (AvgIpc) is 3.09. The standard InChI is InChI=1S/C20H30N2O3S/c1-26(24,25)15-17-8-7-13-22(14-17)19(23)21-16-20(11-5-6-12-20)18-9-3-2-4-10-18/h2-4,9-10,17H,5-8,11-16H2,1H3,(H,21,23)/t17-/m0/s1. The van der Waals surface area contributed by atoms with Gasteiger partial charge in [0.15, 0.2) is 0 Å². The van der Waals surface area contributed by atoms with Crippen molar-refractivity contribution in [3.8, 4) is 0 Å². The zero-order valence-electron chi connectivity index (χ0n) is 15.6. The number of nitrogens with one attached hydrogen (secondary N) is 1. The summed E-state index contributed by atoms with van der Waals surface area (Å²) in [7, 11) is -3.00. The van der Waals surface area contributed by atoms with E-state index in [-0.39, 0.29) is 23.1 Å². The first-order valence-corrected chi connectivity index (χ1v) is 11.7. The minimum absolute atomic E-state index is 0.0405. The van der Waals surface area contributed by atoms with Crippen molar-refractivity contribution in [2.75, 3.05) is 31.6 Å². The van der Waals surface area contributed by atoms with Gasteiger partial charge < -0.3 is 10.2 Å². The summed E-state index contributed by atoms with van der Waals surface area (Å²) >= 11 is 0. The molecular weight excluding hydrogens is 348 g/mol. The molecule has 26 heavy (non-hydrogen) atoms. The Morgan fingerprint density at radius 1 is 1.19 bits per heavy atom. The van der Waals surface area contributed by atoms with Crippen molar-refractivity contribution in [2.24, 2.45) is 5.92 Å². The SMILES string of the molecule is CS(=O)(=O)C[C@H]1CCCN(C(=O)NCC2(c3ccccc3)CCCC2)C1. The van der Waals surface area contributed by atoms with Gasteiger partial charge in [-0.05, 0) is 37.2 Å². The van der Waals surface area contributed by atoms with E-state index in [4.69, 9.17) is 0 Å². The van der Waals surface area contributed by atoms with Crippen LogP contribution in [0.15, 0.2) is 30.3 Å². The predicted octanol–water partition coefficient (Wildman–Crippen LogP) is 2.96. The maximum absolute atomic E-state index is 12.7. The number of rotatable bonds is 5. The van der Waals surface area contributed by atoms with Crippen LogP contribution in [0.5, 0.6) is 0 Å². The number of sulfone groups is 1. The molecule has 1 aliphatic carbocycles. The first kappa shape index (κ1) is 19.2. The van der Waals surface area contributed by atoms with Gasteiger partial charge in [-0.2, -0.15) is 0 Å². The molecule has 1 aromatic rings. The molecule has 2 amide bonds. The maximum atomic E-state index is 12.7. The van der Waals surface area contributed by atoms with Gasteiger partial charge in [-0.1, -0.05) is 43.2 Å². The van der Waals surface area contributed by atoms with Crippen LogP contribution in [0.25, 0.3) is 0 Å². The fourth-order valence-corrected chi connectivity index (χ4v) is 5.71. The molecule has 1 saturated heterocycles. The number of benzene rings is 1. The molecule has 1 aromatic carbocycles. The predicted molar refractivity (Wildman–Crippen MR) is 104 cm³/mol. The Hall–Kier alpha value is -1.56. The summed E-state index contributed by atoms with van der Waals surface area (Å²) in [5.74, 6) is 0.226. The van der Waals surface area contributed by atoms with E-state index in [1.165, 1.54) is 24.7 Å². The average molecular weight is 379 g/mol. The largest absolute Gasteiger partial charge is 0.337 e. The molecule has 1 N–H and O–H groups in total. The molecule has 1 atom stereocenters. The number of piperidine rings is 1. The van der Waals surface area contributed by atoms with E-state index >= 15 is 0 Å². The van der Waals surface area contributed by atoms with Gasteiger partial charge in [0.25, 0.3) is 0 Å². The summed E-state index contributed by atoms with van der Waals surface area (Å²) < 4.78 is 23.1. The summed E-state index contributed by atoms with van der Waals surface area (Å²) in [6, 6.07) is 10.4. The van der Waals surface area contributed by atoms with Crippen LogP contribution in [0.1, 0.15) is 44.1 Å². The normalized spacial score (nSPS) is 23.0. The van der Waals surface area contributed by atoms with Gasteiger partial charge >= 0.3 is 6.03 Å². The molecule has 0 spiro atoms. The second-order valence-electron chi connectivity index (χ2n) is 8.06. The molecule has 3 rings (SSSR count). The van der Waals surface area contributed by atoms with E-state index < -0.39 is 9.84 Å². The zero-order chi connectivity index (χ0) is 18.6. The Morgan fingerprint density at radius 3 is 2.54 bits per heavy atom. The van der Waals surface area contributed by atoms with Gasteiger partial charge in [0.1, 0.15) is 9.84 Å². The number of urea groups is 1. The van der Waals surface area contributed by atoms with Gasteiger partial charge in [0, 0.05) is 31.3 Å². The van der Waals surface area contributed by atoms with Gasteiger partial charge in [-0.25, -0.2) is 13.2 Å². The van der Waals surface area contributed by atoms with Crippen molar-refractivity contribution in [3.05, 3.63) is 35.9 Å². The van der Waals surface area contributed by atoms with Crippen LogP contribution in [0.2, 0.25) is 0 Å². The highest BCUT2D eigenvalue weighted by molar-refractivity contribution is 7.90. The van der Waals surface area contributed by atoms with Crippen LogP contribution in [0.3, 0.4) is 0 Å². The van der Waals surface area contributed by atoms with Crippen LogP contribution >= 0.6 is 0 Å². The molecule has 0 bridgehead atoms. The van der Waals surface area contributed by atoms with E-state index in [0.717, 1.165) is 25.7 Å². The van der Waals surface area contributed by atoms with E-state index in [2.05, 4.69) is 29.6 Å². The fourth-order valence-electron chi connectivity index (χ4n) is 4.58. The van der Waals surface area contributed by atoms with Crippen molar-refractivity contribution in [1.82, 2.24) is 10.2 Å². The van der Waals surface area contributed by atoms with E-state index in [1.54, 1.807) is 4.90 Å². The van der Waals surface area contributed by atoms with E-state index in [9.17, 15) is 13.2 Å². The molecule has 1 heterocycles. The second-order valence-corrected chi connectivity index (χ2v) is 10.2. The minimum atomic E-state index is -3.00. The van der Waals surface area contributed by atoms with Gasteiger partial charge in [-0.15, -0.1) is 0 Å². The molecule has 2 fully saturated rings. The Bertz CT molecular complexity index is 712. The lowest BCUT2D eigenvalue weighted by molar-refractivity contribution is 0.167. The molecule has 0 aromatic heterocycles. The molecule has 144 valence electrons. The lowest BCUT2D eigenvalue weighted by atomic mass is 9.79. The molecular formula is C20H30N2O3S. The number of hydrogen-bond acceptors (Lipinski definition) is 3. The summed E-state index contributed by atoms with van der Waals surface area (Å²) in [6.45, 7) is 1.91. The third kappa shape index (κ3) is 4.78. The molecule has 0 unspecified atom stereocenters. The summed E-state index contributed by atoms with van der Waals surface area (Å²) in [6.07, 6.45) is 7.63. The van der Waals surface area contributed by atoms with Crippen molar-refractivity contribution in [1.29, 1.82) is 0 Å². The highest BCUT2D eigenvalue weighted by atomic mass is 32.2. The van der Waals surface area contributed by atoms with Crippen molar-refractivity contribution in [3.63, 3.8) is 0 Å². The molecule has 6 heteroatoms. The Kier molecular flexibility index (Phi) is 5.90. The zero-order valence-corrected chi connectivity index (χ0v) is 16.4. The lowest BCUT2D eigenvalue weighted by Crippen LogP contribution is -2.49. The number of carbonyl (C=O) groups is 1. The fraction of sp³-hybridized carbons (Fsp3) is 0.650. The smallest absolute Gasteiger partial charge is 0.317 e. The molecule has 0 radical (unpaired) electrons. The van der Waals surface area contributed by atoms with E-state index in [0.29, 0.717) is 19.6 Å². The number of hydrogen-bond donors (Lipinski definition) is 1. The van der Waals surface area contributed by atoms with Crippen molar-refractivity contribution < 1.29 is 13.2 Å². The first-order valence-electron chi connectivity index (χ1n) is 9.64. The van der Waals surface area contributed by atoms with Crippen LogP contribution in [0.4, 0.5) is 4.79 Å². The molecule has 5 nitrogen and oxygen atoms in total. The number of carbonyl (C=O) groups excluding carboxylic acids is 1. The van der Waals surface area contributed by atoms with Gasteiger partial charge in [0.2, 0.25) is 0 Å². The highest BCUT2D eigenvalue weighted by Crippen LogP contribution is 2.40. The summed E-state index contributed by atoms with van der Waals surface area (Å²) in [5.41, 5.74) is 1.35. The van der Waals surface area contributed by atoms with Gasteiger partial charge in [-0.3, -0.25) is 0 Å². The monoisotopic (exact) mass is 378 g/mol. The molecule has 1 saturated carbocycles. The second kappa shape index (κ2) is 7.99. The van der Waals surface area contributed by atoms with Crippen molar-refractivity contribution in [2.45, 2.75) is 43.9 Å². The number of amides is 2. The Morgan fingerprint density at radius 2 is 1.88 bits per heavy atom. The quantitative estimate of drug-likeness (QED) is 0.857. The molecule has 1 aliphatic heterocycles. The number of likely N-dealkylation sites (tertiary alicyclic amines) is 1. The van der Waals surface area contributed by atoms with Crippen LogP contribution < -0.4 is 5.32 Å². The Labute approximate surface area is 157 Å². The maximum Gasteiger partial charge on any atom is 0.317 e. The lowest BCUT2D eigenvalue weighted by Gasteiger charge is -2.35. The third-order valence-corrected chi connectivity index (χ3v) is 6.95.